The van der Waals surface area contributed by atoms with E-state index in [-0.39, 0.29) is 18.7 Å². The predicted octanol–water partition coefficient (Wildman–Crippen LogP) is 1.54. The minimum Gasteiger partial charge on any atom is -0.467 e. The van der Waals surface area contributed by atoms with E-state index in [0.717, 1.165) is 54.6 Å². The molecule has 2 aliphatic heterocycles. The topological polar surface area (TPSA) is 94.8 Å². The van der Waals surface area contributed by atoms with Crippen molar-refractivity contribution < 1.29 is 18.6 Å². The molecule has 9 nitrogen and oxygen atoms in total. The number of nitrogens with one attached hydrogen (secondary N) is 2. The van der Waals surface area contributed by atoms with Gasteiger partial charge in [0, 0.05) is 38.2 Å². The minimum absolute atomic E-state index is 0.192. The van der Waals surface area contributed by atoms with Gasteiger partial charge in [-0.15, -0.1) is 0 Å². The molecule has 1 unspecified atom stereocenters. The number of hydrogen-bond donors (Lipinski definition) is 2. The molecule has 0 fully saturated rings. The normalized spacial score (nSPS) is 18.2. The van der Waals surface area contributed by atoms with Crippen LogP contribution >= 0.6 is 0 Å². The third-order valence-corrected chi connectivity index (χ3v) is 5.26. The number of guanidine groups is 1. The van der Waals surface area contributed by atoms with Gasteiger partial charge in [-0.3, -0.25) is 4.99 Å². The fourth-order valence-electron chi connectivity index (χ4n) is 3.91. The van der Waals surface area contributed by atoms with Crippen molar-refractivity contribution in [3.05, 3.63) is 40.7 Å². The third-order valence-electron chi connectivity index (χ3n) is 5.26. The van der Waals surface area contributed by atoms with Crippen LogP contribution in [-0.4, -0.2) is 53.8 Å². The molecule has 2 aliphatic rings. The molecule has 0 spiro atoms. The summed E-state index contributed by atoms with van der Waals surface area (Å²) in [5.41, 5.74) is 1.56. The lowest BCUT2D eigenvalue weighted by atomic mass is 10.1. The number of aryl methyl sites for hydroxylation is 1. The summed E-state index contributed by atoms with van der Waals surface area (Å²) in [7, 11) is 1.64. The van der Waals surface area contributed by atoms with Gasteiger partial charge in [0.1, 0.15) is 24.0 Å². The molecule has 0 saturated heterocycles. The van der Waals surface area contributed by atoms with Crippen molar-refractivity contribution >= 4 is 5.96 Å². The number of nitrogens with zero attached hydrogens (tertiary/aromatic N) is 4. The Hall–Kier alpha value is -2.72. The molecule has 2 N–H and O–H groups in total. The van der Waals surface area contributed by atoms with E-state index in [4.69, 9.17) is 19.2 Å². The summed E-state index contributed by atoms with van der Waals surface area (Å²) in [4.78, 5) is 9.21. The number of ether oxygens (including phenoxy) is 3. The van der Waals surface area contributed by atoms with Crippen LogP contribution in [0.3, 0.4) is 0 Å². The van der Waals surface area contributed by atoms with E-state index in [9.17, 15) is 4.39 Å². The molecule has 0 radical (unpaired) electrons. The summed E-state index contributed by atoms with van der Waals surface area (Å²) in [6.45, 7) is 4.99. The van der Waals surface area contributed by atoms with Crippen LogP contribution in [0.1, 0.15) is 36.1 Å². The second-order valence-electron chi connectivity index (χ2n) is 7.61. The summed E-state index contributed by atoms with van der Waals surface area (Å²) in [6, 6.07) is 3.18. The van der Waals surface area contributed by atoms with Gasteiger partial charge < -0.3 is 24.8 Å². The number of methoxy groups -OCH3 is 1. The smallest absolute Gasteiger partial charge is 0.191 e. The molecule has 31 heavy (non-hydrogen) atoms. The first-order valence-corrected chi connectivity index (χ1v) is 10.6. The Morgan fingerprint density at radius 3 is 3.16 bits per heavy atom. The summed E-state index contributed by atoms with van der Waals surface area (Å²) in [6.07, 6.45) is 2.37. The zero-order valence-corrected chi connectivity index (χ0v) is 18.0. The number of aliphatic imine (C=N–C) groups is 1. The van der Waals surface area contributed by atoms with Gasteiger partial charge in [0.15, 0.2) is 18.6 Å². The van der Waals surface area contributed by atoms with E-state index in [1.807, 2.05) is 11.6 Å². The molecule has 3 heterocycles. The highest BCUT2D eigenvalue weighted by molar-refractivity contribution is 5.80. The molecule has 0 bridgehead atoms. The maximum absolute atomic E-state index is 13.9. The van der Waals surface area contributed by atoms with Gasteiger partial charge in [0.25, 0.3) is 0 Å². The number of aromatic nitrogens is 3. The maximum Gasteiger partial charge on any atom is 0.191 e. The van der Waals surface area contributed by atoms with Gasteiger partial charge >= 0.3 is 0 Å². The second-order valence-corrected chi connectivity index (χ2v) is 7.61. The van der Waals surface area contributed by atoms with Gasteiger partial charge in [-0.2, -0.15) is 5.10 Å². The lowest BCUT2D eigenvalue weighted by molar-refractivity contribution is -0.0172. The summed E-state index contributed by atoms with van der Waals surface area (Å²) in [5, 5.41) is 11.3. The fraction of sp³-hybridized carbons (Fsp3) is 0.571. The van der Waals surface area contributed by atoms with Crippen LogP contribution in [0, 0.1) is 5.82 Å². The van der Waals surface area contributed by atoms with Crippen LogP contribution in [-0.2, 0) is 42.1 Å². The highest BCUT2D eigenvalue weighted by atomic mass is 19.1. The third kappa shape index (κ3) is 5.31. The average Bonchev–Trinajstić information content (AvgIpc) is 3.15. The number of hydrogen-bond acceptors (Lipinski definition) is 6. The predicted molar refractivity (Wildman–Crippen MR) is 112 cm³/mol. The van der Waals surface area contributed by atoms with E-state index in [0.29, 0.717) is 32.0 Å². The summed E-state index contributed by atoms with van der Waals surface area (Å²) in [5.74, 6) is 2.88. The van der Waals surface area contributed by atoms with Crippen molar-refractivity contribution in [2.45, 2.75) is 52.0 Å². The molecular formula is C21H29FN6O3. The van der Waals surface area contributed by atoms with Crippen LogP contribution in [0.5, 0.6) is 5.75 Å². The number of halogens is 1. The molecule has 1 aromatic heterocycles. The lowest BCUT2D eigenvalue weighted by Crippen LogP contribution is -2.47. The molecule has 1 atom stereocenters. The van der Waals surface area contributed by atoms with Crippen LogP contribution in [0.2, 0.25) is 0 Å². The quantitative estimate of drug-likeness (QED) is 0.506. The Bertz CT molecular complexity index is 932. The maximum atomic E-state index is 13.9. The van der Waals surface area contributed by atoms with Crippen LogP contribution in [0.25, 0.3) is 0 Å². The molecule has 0 aliphatic carbocycles. The van der Waals surface area contributed by atoms with Gasteiger partial charge in [-0.1, -0.05) is 0 Å². The average molecular weight is 433 g/mol. The Balaban J connectivity index is 1.38. The van der Waals surface area contributed by atoms with E-state index < -0.39 is 0 Å². The van der Waals surface area contributed by atoms with Crippen molar-refractivity contribution in [1.82, 2.24) is 25.4 Å². The molecule has 168 valence electrons. The van der Waals surface area contributed by atoms with E-state index in [1.54, 1.807) is 7.11 Å². The van der Waals surface area contributed by atoms with Crippen LogP contribution in [0.4, 0.5) is 4.39 Å². The van der Waals surface area contributed by atoms with E-state index >= 15 is 0 Å². The Morgan fingerprint density at radius 1 is 1.42 bits per heavy atom. The fourth-order valence-corrected chi connectivity index (χ4v) is 3.91. The van der Waals surface area contributed by atoms with Crippen LogP contribution in [0.15, 0.2) is 17.1 Å². The van der Waals surface area contributed by atoms with Crippen molar-refractivity contribution in [3.63, 3.8) is 0 Å². The number of fused-ring (bicyclic) bond motifs is 2. The lowest BCUT2D eigenvalue weighted by Gasteiger charge is -2.25. The number of rotatable bonds is 7. The number of benzene rings is 1. The first-order valence-electron chi connectivity index (χ1n) is 10.6. The highest BCUT2D eigenvalue weighted by Gasteiger charge is 2.22. The molecule has 1 aromatic carbocycles. The summed E-state index contributed by atoms with van der Waals surface area (Å²) >= 11 is 0. The minimum atomic E-state index is -0.282. The molecule has 2 aromatic rings. The summed E-state index contributed by atoms with van der Waals surface area (Å²) < 4.78 is 31.9. The van der Waals surface area contributed by atoms with E-state index in [2.05, 4.69) is 20.7 Å². The Kier molecular flexibility index (Phi) is 6.98. The second kappa shape index (κ2) is 10.1. The van der Waals surface area contributed by atoms with Gasteiger partial charge in [-0.05, 0) is 37.5 Å². The standard InChI is InChI=1S/C21H29FN6O3/c1-3-23-21(25-17-4-5-19-26-18(12-29-2)27-28(19)10-17)24-7-6-14-8-16(22)9-15-11-30-13-31-20(14)15/h8-9,17H,3-7,10-13H2,1-2H3,(H2,23,24,25). The molecular weight excluding hydrogens is 403 g/mol. The highest BCUT2D eigenvalue weighted by Crippen LogP contribution is 2.29. The zero-order chi connectivity index (χ0) is 21.6. The Morgan fingerprint density at radius 2 is 2.32 bits per heavy atom. The van der Waals surface area contributed by atoms with Crippen LogP contribution < -0.4 is 15.4 Å². The first kappa shape index (κ1) is 21.5. The SMILES string of the molecule is CCNC(=NCCc1cc(F)cc2c1OCOC2)NC1CCc2nc(COC)nn2C1. The van der Waals surface area contributed by atoms with Crippen molar-refractivity contribution in [3.8, 4) is 5.75 Å². The van der Waals surface area contributed by atoms with Gasteiger partial charge in [0.05, 0.1) is 13.2 Å². The zero-order valence-electron chi connectivity index (χ0n) is 18.0. The molecule has 0 saturated carbocycles. The van der Waals surface area contributed by atoms with Crippen molar-refractivity contribution in [1.29, 1.82) is 0 Å². The molecule has 10 heteroatoms. The van der Waals surface area contributed by atoms with E-state index in [1.165, 1.54) is 12.1 Å². The molecule has 4 rings (SSSR count). The van der Waals surface area contributed by atoms with Crippen molar-refractivity contribution in [2.24, 2.45) is 4.99 Å². The van der Waals surface area contributed by atoms with Crippen molar-refractivity contribution in [2.75, 3.05) is 27.0 Å². The first-order chi connectivity index (χ1) is 15.2. The Labute approximate surface area is 181 Å². The largest absolute Gasteiger partial charge is 0.467 e. The monoisotopic (exact) mass is 432 g/mol. The van der Waals surface area contributed by atoms with Gasteiger partial charge in [0.2, 0.25) is 0 Å². The van der Waals surface area contributed by atoms with Gasteiger partial charge in [-0.25, -0.2) is 14.1 Å². The molecule has 0 amide bonds.